The van der Waals surface area contributed by atoms with E-state index in [0.717, 1.165) is 5.56 Å². The van der Waals surface area contributed by atoms with Gasteiger partial charge in [0, 0.05) is 25.2 Å². The van der Waals surface area contributed by atoms with E-state index in [2.05, 4.69) is 5.32 Å². The number of nitrogens with one attached hydrogen (secondary N) is 1. The first-order valence-corrected chi connectivity index (χ1v) is 11.7. The number of hydrogen-bond acceptors (Lipinski definition) is 6. The quantitative estimate of drug-likeness (QED) is 0.612. The molecule has 8 heteroatoms. The Morgan fingerprint density at radius 2 is 1.77 bits per heavy atom. The lowest BCUT2D eigenvalue weighted by Crippen LogP contribution is -2.75. The number of fused-ring (bicyclic) bond motifs is 3. The number of hydrogen-bond donors (Lipinski definition) is 2. The lowest BCUT2D eigenvalue weighted by Gasteiger charge is -2.61. The smallest absolute Gasteiger partial charge is 0.410 e. The van der Waals surface area contributed by atoms with Gasteiger partial charge < -0.3 is 24.8 Å². The van der Waals surface area contributed by atoms with Crippen molar-refractivity contribution in [2.75, 3.05) is 19.0 Å². The molecule has 2 aliphatic rings. The van der Waals surface area contributed by atoms with Crippen LogP contribution in [0.3, 0.4) is 0 Å². The second kappa shape index (κ2) is 9.00. The van der Waals surface area contributed by atoms with Crippen molar-refractivity contribution < 1.29 is 29.0 Å². The van der Waals surface area contributed by atoms with E-state index in [4.69, 9.17) is 9.47 Å². The molecule has 0 saturated heterocycles. The average Bonchev–Trinajstić information content (AvgIpc) is 2.81. The van der Waals surface area contributed by atoms with Crippen molar-refractivity contribution in [3.05, 3.63) is 65.7 Å². The largest absolute Gasteiger partial charge is 0.467 e. The number of amides is 2. The second-order valence-electron chi connectivity index (χ2n) is 10.3. The predicted molar refractivity (Wildman–Crippen MR) is 130 cm³/mol. The van der Waals surface area contributed by atoms with E-state index in [1.54, 1.807) is 43.9 Å². The number of carbonyl (C=O) groups excluding carboxylic acids is 3. The minimum Gasteiger partial charge on any atom is -0.467 e. The molecular weight excluding hydrogens is 448 g/mol. The van der Waals surface area contributed by atoms with Crippen molar-refractivity contribution >= 4 is 23.7 Å². The van der Waals surface area contributed by atoms with Gasteiger partial charge in [0.1, 0.15) is 5.60 Å². The summed E-state index contributed by atoms with van der Waals surface area (Å²) in [5.41, 5.74) is -1.73. The van der Waals surface area contributed by atoms with Gasteiger partial charge in [-0.05, 0) is 44.4 Å². The molecule has 35 heavy (non-hydrogen) atoms. The first-order chi connectivity index (χ1) is 16.5. The third-order valence-electron chi connectivity index (χ3n) is 6.98. The lowest BCUT2D eigenvalue weighted by atomic mass is 9.44. The van der Waals surface area contributed by atoms with Crippen LogP contribution in [0.25, 0.3) is 0 Å². The number of nitrogens with zero attached hydrogens (tertiary/aromatic N) is 1. The minimum atomic E-state index is -1.90. The monoisotopic (exact) mass is 480 g/mol. The van der Waals surface area contributed by atoms with Crippen molar-refractivity contribution in [2.45, 2.75) is 56.8 Å². The van der Waals surface area contributed by atoms with Crippen LogP contribution in [0.1, 0.15) is 44.7 Å². The number of para-hydroxylation sites is 1. The summed E-state index contributed by atoms with van der Waals surface area (Å²) in [7, 11) is 1.22. The molecule has 0 aromatic heterocycles. The highest BCUT2D eigenvalue weighted by Gasteiger charge is 2.73. The molecule has 2 amide bonds. The van der Waals surface area contributed by atoms with E-state index in [1.807, 2.05) is 36.4 Å². The second-order valence-corrected chi connectivity index (χ2v) is 10.3. The van der Waals surface area contributed by atoms with Crippen LogP contribution >= 0.6 is 0 Å². The Kier molecular flexibility index (Phi) is 6.36. The van der Waals surface area contributed by atoms with Crippen molar-refractivity contribution in [1.29, 1.82) is 0 Å². The summed E-state index contributed by atoms with van der Waals surface area (Å²) in [4.78, 5) is 40.6. The number of rotatable bonds is 6. The summed E-state index contributed by atoms with van der Waals surface area (Å²) in [5, 5.41) is 14.5. The number of esters is 1. The van der Waals surface area contributed by atoms with Crippen LogP contribution in [0.2, 0.25) is 0 Å². The summed E-state index contributed by atoms with van der Waals surface area (Å²) in [6, 6.07) is 16.6. The van der Waals surface area contributed by atoms with Crippen LogP contribution in [-0.4, -0.2) is 52.8 Å². The zero-order chi connectivity index (χ0) is 25.4. The normalized spacial score (nSPS) is 24.8. The predicted octanol–water partition coefficient (Wildman–Crippen LogP) is 3.63. The summed E-state index contributed by atoms with van der Waals surface area (Å²) >= 11 is 0. The maximum Gasteiger partial charge on any atom is 0.410 e. The van der Waals surface area contributed by atoms with Crippen molar-refractivity contribution in [2.24, 2.45) is 5.92 Å². The number of benzene rings is 2. The highest BCUT2D eigenvalue weighted by Crippen LogP contribution is 2.62. The lowest BCUT2D eigenvalue weighted by molar-refractivity contribution is -0.207. The third kappa shape index (κ3) is 4.27. The molecule has 2 aromatic carbocycles. The van der Waals surface area contributed by atoms with Crippen molar-refractivity contribution in [3.8, 4) is 0 Å². The SMILES string of the molecule is COC(=O)[C@@]1(O)C[C@@H]2C(=O)Nc3ccccc3[C@@]21CCN(Cc1ccccc1)C(=O)OC(C)(C)C. The zero-order valence-corrected chi connectivity index (χ0v) is 20.5. The zero-order valence-electron chi connectivity index (χ0n) is 20.5. The van der Waals surface area contributed by atoms with E-state index in [1.165, 1.54) is 7.11 Å². The molecule has 1 aliphatic heterocycles. The summed E-state index contributed by atoms with van der Waals surface area (Å²) in [6.07, 6.45) is -0.395. The molecule has 0 unspecified atom stereocenters. The topological polar surface area (TPSA) is 105 Å². The molecule has 186 valence electrons. The summed E-state index contributed by atoms with van der Waals surface area (Å²) in [6.45, 7) is 5.82. The van der Waals surface area contributed by atoms with Gasteiger partial charge in [-0.25, -0.2) is 9.59 Å². The van der Waals surface area contributed by atoms with Gasteiger partial charge in [-0.3, -0.25) is 4.79 Å². The van der Waals surface area contributed by atoms with E-state index in [-0.39, 0.29) is 31.8 Å². The maximum atomic E-state index is 13.2. The molecule has 3 atom stereocenters. The molecule has 8 nitrogen and oxygen atoms in total. The maximum absolute atomic E-state index is 13.2. The first kappa shape index (κ1) is 24.7. The Morgan fingerprint density at radius 1 is 1.11 bits per heavy atom. The molecule has 2 aromatic rings. The Morgan fingerprint density at radius 3 is 2.43 bits per heavy atom. The van der Waals surface area contributed by atoms with E-state index in [0.29, 0.717) is 11.3 Å². The number of aliphatic hydroxyl groups is 1. The van der Waals surface area contributed by atoms with Gasteiger partial charge in [0.25, 0.3) is 0 Å². The summed E-state index contributed by atoms with van der Waals surface area (Å²) in [5.74, 6) is -1.69. The average molecular weight is 481 g/mol. The summed E-state index contributed by atoms with van der Waals surface area (Å²) < 4.78 is 10.6. The van der Waals surface area contributed by atoms with E-state index < -0.39 is 34.6 Å². The van der Waals surface area contributed by atoms with E-state index >= 15 is 0 Å². The third-order valence-corrected chi connectivity index (χ3v) is 6.98. The minimum absolute atomic E-state index is 0.0506. The van der Waals surface area contributed by atoms with E-state index in [9.17, 15) is 19.5 Å². The van der Waals surface area contributed by atoms with Crippen LogP contribution in [0.4, 0.5) is 10.5 Å². The molecule has 1 aliphatic carbocycles. The van der Waals surface area contributed by atoms with Gasteiger partial charge in [-0.15, -0.1) is 0 Å². The number of methoxy groups -OCH3 is 1. The number of carbonyl (C=O) groups is 3. The highest BCUT2D eigenvalue weighted by molar-refractivity contribution is 6.02. The van der Waals surface area contributed by atoms with Gasteiger partial charge >= 0.3 is 12.1 Å². The Balaban J connectivity index is 1.72. The molecule has 0 bridgehead atoms. The van der Waals surface area contributed by atoms with Gasteiger partial charge in [0.05, 0.1) is 18.4 Å². The van der Waals surface area contributed by atoms with Crippen molar-refractivity contribution in [3.63, 3.8) is 0 Å². The van der Waals surface area contributed by atoms with Crippen molar-refractivity contribution in [1.82, 2.24) is 4.90 Å². The van der Waals surface area contributed by atoms with Gasteiger partial charge in [0.15, 0.2) is 5.60 Å². The number of anilines is 1. The molecule has 0 radical (unpaired) electrons. The fourth-order valence-corrected chi connectivity index (χ4v) is 5.36. The van der Waals surface area contributed by atoms with Crippen LogP contribution in [0.15, 0.2) is 54.6 Å². The van der Waals surface area contributed by atoms with Crippen LogP contribution in [-0.2, 0) is 31.0 Å². The molecule has 2 N–H and O–H groups in total. The van der Waals surface area contributed by atoms with Crippen LogP contribution < -0.4 is 5.32 Å². The molecule has 1 saturated carbocycles. The molecule has 1 fully saturated rings. The molecule has 4 rings (SSSR count). The fraction of sp³-hybridized carbons (Fsp3) is 0.444. The van der Waals surface area contributed by atoms with Gasteiger partial charge in [-0.2, -0.15) is 0 Å². The number of ether oxygens (including phenoxy) is 2. The highest BCUT2D eigenvalue weighted by atomic mass is 16.6. The molecular formula is C27H32N2O6. The Labute approximate surface area is 205 Å². The van der Waals surface area contributed by atoms with Crippen LogP contribution in [0.5, 0.6) is 0 Å². The molecule has 1 heterocycles. The van der Waals surface area contributed by atoms with Gasteiger partial charge in [0.2, 0.25) is 5.91 Å². The Hall–Kier alpha value is -3.39. The molecule has 0 spiro atoms. The van der Waals surface area contributed by atoms with Crippen LogP contribution in [0, 0.1) is 5.92 Å². The first-order valence-electron chi connectivity index (χ1n) is 11.7. The standard InChI is InChI=1S/C27H32N2O6/c1-25(2,3)35-24(32)29(17-18-10-6-5-7-11-18)15-14-26-19-12-8-9-13-21(19)28-22(30)20(26)16-27(26,33)23(31)34-4/h5-13,20,33H,14-17H2,1-4H3,(H,28,30)/t20-,26+,27+/m1/s1. The Bertz CT molecular complexity index is 1130. The fourth-order valence-electron chi connectivity index (χ4n) is 5.36. The van der Waals surface area contributed by atoms with Gasteiger partial charge in [-0.1, -0.05) is 48.5 Å².